The summed E-state index contributed by atoms with van der Waals surface area (Å²) < 4.78 is 32.4. The fraction of sp³-hybridized carbons (Fsp3) is 0.818. The quantitative estimate of drug-likeness (QED) is 0.572. The lowest BCUT2D eigenvalue weighted by molar-refractivity contribution is -0.141. The normalized spacial score (nSPS) is 19.6. The predicted molar refractivity (Wildman–Crippen MR) is 64.9 cm³/mol. The number of esters is 2. The number of halogens is 3. The van der Waals surface area contributed by atoms with Gasteiger partial charge in [0.25, 0.3) is 0 Å². The van der Waals surface area contributed by atoms with Gasteiger partial charge in [0.2, 0.25) is 0 Å². The minimum atomic E-state index is -0.486. The molecule has 1 aliphatic heterocycles. The van der Waals surface area contributed by atoms with E-state index in [4.69, 9.17) is 0 Å². The molecule has 1 rings (SSSR count). The van der Waals surface area contributed by atoms with E-state index in [9.17, 15) is 18.4 Å². The summed E-state index contributed by atoms with van der Waals surface area (Å²) >= 11 is 3.09. The Morgan fingerprint density at radius 1 is 1.61 bits per heavy atom. The van der Waals surface area contributed by atoms with Crippen LogP contribution >= 0.6 is 15.9 Å². The second-order valence-corrected chi connectivity index (χ2v) is 4.51. The van der Waals surface area contributed by atoms with Gasteiger partial charge < -0.3 is 9.47 Å². The van der Waals surface area contributed by atoms with Crippen LogP contribution < -0.4 is 0 Å². The highest BCUT2D eigenvalue weighted by molar-refractivity contribution is 9.09. The van der Waals surface area contributed by atoms with E-state index < -0.39 is 13.3 Å². The monoisotopic (exact) mass is 330 g/mol. The van der Waals surface area contributed by atoms with Crippen LogP contribution in [0.25, 0.3) is 0 Å². The van der Waals surface area contributed by atoms with Crippen LogP contribution in [0.5, 0.6) is 0 Å². The van der Waals surface area contributed by atoms with Crippen molar-refractivity contribution in [3.63, 3.8) is 0 Å². The van der Waals surface area contributed by atoms with Gasteiger partial charge >= 0.3 is 11.9 Å². The highest BCUT2D eigenvalue weighted by atomic mass is 79.9. The van der Waals surface area contributed by atoms with Crippen molar-refractivity contribution in [1.29, 1.82) is 0 Å². The Balaban J connectivity index is 0.000000327. The third kappa shape index (κ3) is 7.58. The fourth-order valence-electron chi connectivity index (χ4n) is 1.13. The Morgan fingerprint density at radius 2 is 2.28 bits per heavy atom. The molecule has 0 aromatic carbocycles. The van der Waals surface area contributed by atoms with E-state index in [1.165, 1.54) is 7.11 Å². The van der Waals surface area contributed by atoms with Crippen LogP contribution in [0.4, 0.5) is 8.78 Å². The van der Waals surface area contributed by atoms with Crippen LogP contribution in [0.15, 0.2) is 0 Å². The predicted octanol–water partition coefficient (Wildman–Crippen LogP) is 2.05. The molecule has 4 nitrogen and oxygen atoms in total. The van der Waals surface area contributed by atoms with Gasteiger partial charge in [-0.05, 0) is 0 Å². The van der Waals surface area contributed by atoms with Crippen molar-refractivity contribution in [2.24, 2.45) is 11.8 Å². The van der Waals surface area contributed by atoms with Crippen LogP contribution in [0.3, 0.4) is 0 Å². The summed E-state index contributed by atoms with van der Waals surface area (Å²) in [6, 6.07) is 0. The summed E-state index contributed by atoms with van der Waals surface area (Å²) in [7, 11) is 1.30. The van der Waals surface area contributed by atoms with Gasteiger partial charge in [0.1, 0.15) is 0 Å². The first-order valence-electron chi connectivity index (χ1n) is 5.47. The minimum Gasteiger partial charge on any atom is -0.469 e. The molecule has 0 unspecified atom stereocenters. The molecule has 18 heavy (non-hydrogen) atoms. The first-order valence-corrected chi connectivity index (χ1v) is 6.59. The number of methoxy groups -OCH3 is 1. The van der Waals surface area contributed by atoms with Gasteiger partial charge in [-0.25, -0.2) is 0 Å². The zero-order valence-corrected chi connectivity index (χ0v) is 11.8. The minimum absolute atomic E-state index is 0.151. The van der Waals surface area contributed by atoms with Gasteiger partial charge in [-0.3, -0.25) is 18.4 Å². The molecule has 1 fully saturated rings. The molecule has 0 saturated carbocycles. The first kappa shape index (κ1) is 17.3. The molecule has 1 heterocycles. The number of ether oxygens (including phenoxy) is 2. The Bertz CT molecular complexity index is 259. The molecule has 1 saturated heterocycles. The maximum absolute atomic E-state index is 11.9. The number of carbonyl (C=O) groups excluding carboxylic acids is 2. The molecule has 1 aliphatic rings. The van der Waals surface area contributed by atoms with Crippen molar-refractivity contribution in [2.75, 3.05) is 32.4 Å². The van der Waals surface area contributed by atoms with Crippen molar-refractivity contribution < 1.29 is 27.8 Å². The molecule has 2 atom stereocenters. The smallest absolute Gasteiger partial charge is 0.306 e. The lowest BCUT2D eigenvalue weighted by Crippen LogP contribution is -2.12. The van der Waals surface area contributed by atoms with Crippen molar-refractivity contribution in [3.8, 4) is 0 Å². The van der Waals surface area contributed by atoms with Gasteiger partial charge in [-0.1, -0.05) is 15.9 Å². The van der Waals surface area contributed by atoms with Crippen molar-refractivity contribution >= 4 is 27.9 Å². The van der Waals surface area contributed by atoms with E-state index in [2.05, 4.69) is 25.4 Å². The van der Waals surface area contributed by atoms with Crippen LogP contribution in [-0.2, 0) is 19.1 Å². The van der Waals surface area contributed by atoms with E-state index in [1.54, 1.807) is 0 Å². The lowest BCUT2D eigenvalue weighted by atomic mass is 10.1. The number of cyclic esters (lactones) is 1. The molecule has 0 aliphatic carbocycles. The second kappa shape index (κ2) is 10.2. The van der Waals surface area contributed by atoms with Gasteiger partial charge in [0, 0.05) is 17.2 Å². The number of alkyl halides is 3. The number of hydrogen-bond donors (Lipinski definition) is 0. The first-order chi connectivity index (χ1) is 8.57. The van der Waals surface area contributed by atoms with Crippen LogP contribution in [-0.4, -0.2) is 44.3 Å². The summed E-state index contributed by atoms with van der Waals surface area (Å²) in [5.41, 5.74) is 0. The molecular weight excluding hydrogens is 314 g/mol. The second-order valence-electron chi connectivity index (χ2n) is 3.86. The molecule has 0 amide bonds. The largest absolute Gasteiger partial charge is 0.469 e. The summed E-state index contributed by atoms with van der Waals surface area (Å²) in [5.74, 6) is -1.04. The standard InChI is InChI=1S/C6H10BrFO2.C5H7FO2/c1-10-6(9)2-5(3-7)4-8;6-2-4-1-5(7)8-3-4/h5H,2-4H2,1H3;4H,1-3H2/t5-;4-/m01/s1. The van der Waals surface area contributed by atoms with E-state index >= 15 is 0 Å². The lowest BCUT2D eigenvalue weighted by Gasteiger charge is -2.05. The van der Waals surface area contributed by atoms with Crippen molar-refractivity contribution in [2.45, 2.75) is 12.8 Å². The third-order valence-electron chi connectivity index (χ3n) is 2.27. The topological polar surface area (TPSA) is 52.6 Å². The van der Waals surface area contributed by atoms with Gasteiger partial charge in [-0.15, -0.1) is 0 Å². The highest BCUT2D eigenvalue weighted by Crippen LogP contribution is 2.13. The zero-order chi connectivity index (χ0) is 14.0. The number of hydrogen-bond acceptors (Lipinski definition) is 4. The Morgan fingerprint density at radius 3 is 2.56 bits per heavy atom. The maximum Gasteiger partial charge on any atom is 0.306 e. The van der Waals surface area contributed by atoms with Crippen LogP contribution in [0, 0.1) is 11.8 Å². The molecule has 106 valence electrons. The van der Waals surface area contributed by atoms with Gasteiger partial charge in [0.15, 0.2) is 0 Å². The van der Waals surface area contributed by atoms with E-state index in [0.717, 1.165) is 0 Å². The highest BCUT2D eigenvalue weighted by Gasteiger charge is 2.22. The Labute approximate surface area is 113 Å². The van der Waals surface area contributed by atoms with E-state index in [0.29, 0.717) is 5.33 Å². The molecule has 0 aromatic heterocycles. The van der Waals surface area contributed by atoms with E-state index in [-0.39, 0.29) is 43.2 Å². The Hall–Kier alpha value is -0.720. The van der Waals surface area contributed by atoms with Crippen LogP contribution in [0.1, 0.15) is 12.8 Å². The van der Waals surface area contributed by atoms with Crippen molar-refractivity contribution in [3.05, 3.63) is 0 Å². The molecule has 0 radical (unpaired) electrons. The molecule has 0 N–H and O–H groups in total. The average molecular weight is 331 g/mol. The third-order valence-corrected chi connectivity index (χ3v) is 3.19. The molecule has 7 heteroatoms. The molecule has 0 bridgehead atoms. The fourth-order valence-corrected chi connectivity index (χ4v) is 1.53. The van der Waals surface area contributed by atoms with Crippen LogP contribution in [0.2, 0.25) is 0 Å². The molecule has 0 aromatic rings. The maximum atomic E-state index is 11.9. The van der Waals surface area contributed by atoms with Crippen molar-refractivity contribution in [1.82, 2.24) is 0 Å². The summed E-state index contributed by atoms with van der Waals surface area (Å²) in [5, 5.41) is 0.499. The Kier molecular flexibility index (Phi) is 9.82. The SMILES string of the molecule is COC(=O)C[C@H](CF)CBr.O=C1C[C@H](CF)CO1. The zero-order valence-electron chi connectivity index (χ0n) is 10.2. The number of carbonyl (C=O) groups is 2. The summed E-state index contributed by atoms with van der Waals surface area (Å²) in [6.45, 7) is -0.651. The van der Waals surface area contributed by atoms with Gasteiger partial charge in [-0.2, -0.15) is 0 Å². The summed E-state index contributed by atoms with van der Waals surface area (Å²) in [4.78, 5) is 20.8. The van der Waals surface area contributed by atoms with E-state index in [1.807, 2.05) is 0 Å². The average Bonchev–Trinajstić information content (AvgIpc) is 2.82. The molecular formula is C11H17BrF2O4. The summed E-state index contributed by atoms with van der Waals surface area (Å²) in [6.07, 6.45) is 0.411. The van der Waals surface area contributed by atoms with Gasteiger partial charge in [0.05, 0.1) is 39.9 Å². The number of rotatable bonds is 5. The molecule has 0 spiro atoms.